The number of hydrogen-bond donors (Lipinski definition) is 1. The molecule has 0 aromatic heterocycles. The Hall–Kier alpha value is -0.340. The summed E-state index contributed by atoms with van der Waals surface area (Å²) < 4.78 is 0. The van der Waals surface area contributed by atoms with E-state index in [1.807, 2.05) is 0 Å². The van der Waals surface area contributed by atoms with Crippen LogP contribution in [0.5, 0.6) is 0 Å². The Labute approximate surface area is 94.7 Å². The van der Waals surface area contributed by atoms with E-state index in [1.54, 1.807) is 0 Å². The molecule has 2 heteroatoms. The van der Waals surface area contributed by atoms with Crippen LogP contribution in [0.15, 0.2) is 12.2 Å². The summed E-state index contributed by atoms with van der Waals surface area (Å²) >= 11 is 0. The van der Waals surface area contributed by atoms with Crippen LogP contribution in [0.1, 0.15) is 34.1 Å². The normalized spacial score (nSPS) is 29.1. The molecule has 0 saturated carbocycles. The standard InChI is InChI=1S/C13H26N2/c1-5-7-8-15-10-13(11(3)4)14-9-12(15)6-2/h5,7,11-14H,6,8-10H2,1-4H3/b7-5+. The van der Waals surface area contributed by atoms with Crippen LogP contribution in [0.25, 0.3) is 0 Å². The summed E-state index contributed by atoms with van der Waals surface area (Å²) in [7, 11) is 0. The van der Waals surface area contributed by atoms with Crippen molar-refractivity contribution in [2.24, 2.45) is 5.92 Å². The fourth-order valence-electron chi connectivity index (χ4n) is 2.20. The van der Waals surface area contributed by atoms with Crippen molar-refractivity contribution >= 4 is 0 Å². The Bertz CT molecular complexity index is 199. The lowest BCUT2D eigenvalue weighted by Crippen LogP contribution is -2.57. The molecule has 1 heterocycles. The monoisotopic (exact) mass is 210 g/mol. The lowest BCUT2D eigenvalue weighted by atomic mass is 9.98. The summed E-state index contributed by atoms with van der Waals surface area (Å²) in [4.78, 5) is 2.61. The number of rotatable bonds is 4. The predicted octanol–water partition coefficient (Wildman–Crippen LogP) is 2.27. The van der Waals surface area contributed by atoms with Crippen LogP contribution in [0.3, 0.4) is 0 Å². The van der Waals surface area contributed by atoms with Gasteiger partial charge in [0, 0.05) is 31.7 Å². The van der Waals surface area contributed by atoms with Gasteiger partial charge in [0.25, 0.3) is 0 Å². The van der Waals surface area contributed by atoms with Crippen LogP contribution in [-0.4, -0.2) is 36.6 Å². The molecule has 15 heavy (non-hydrogen) atoms. The maximum atomic E-state index is 3.66. The minimum atomic E-state index is 0.665. The van der Waals surface area contributed by atoms with Crippen molar-refractivity contribution in [3.8, 4) is 0 Å². The third kappa shape index (κ3) is 3.62. The molecule has 0 aromatic rings. The topological polar surface area (TPSA) is 15.3 Å². The Morgan fingerprint density at radius 3 is 2.73 bits per heavy atom. The molecule has 0 spiro atoms. The van der Waals surface area contributed by atoms with Gasteiger partial charge in [0.15, 0.2) is 0 Å². The van der Waals surface area contributed by atoms with Gasteiger partial charge in [-0.05, 0) is 19.3 Å². The third-order valence-electron chi connectivity index (χ3n) is 3.41. The van der Waals surface area contributed by atoms with E-state index in [-0.39, 0.29) is 0 Å². The summed E-state index contributed by atoms with van der Waals surface area (Å²) in [5.41, 5.74) is 0. The first-order chi connectivity index (χ1) is 7.19. The molecular formula is C13H26N2. The minimum absolute atomic E-state index is 0.665. The van der Waals surface area contributed by atoms with Crippen LogP contribution in [0, 0.1) is 5.92 Å². The minimum Gasteiger partial charge on any atom is -0.311 e. The second-order valence-electron chi connectivity index (χ2n) is 4.84. The van der Waals surface area contributed by atoms with Crippen molar-refractivity contribution in [1.82, 2.24) is 10.2 Å². The zero-order chi connectivity index (χ0) is 11.3. The van der Waals surface area contributed by atoms with Gasteiger partial charge in [-0.15, -0.1) is 0 Å². The van der Waals surface area contributed by atoms with E-state index < -0.39 is 0 Å². The maximum absolute atomic E-state index is 3.66. The van der Waals surface area contributed by atoms with Gasteiger partial charge in [-0.25, -0.2) is 0 Å². The van der Waals surface area contributed by atoms with Crippen molar-refractivity contribution in [2.75, 3.05) is 19.6 Å². The van der Waals surface area contributed by atoms with Gasteiger partial charge in [0.05, 0.1) is 0 Å². The molecule has 1 rings (SSSR count). The number of nitrogens with one attached hydrogen (secondary N) is 1. The largest absolute Gasteiger partial charge is 0.311 e. The van der Waals surface area contributed by atoms with Gasteiger partial charge in [-0.2, -0.15) is 0 Å². The molecule has 1 N–H and O–H groups in total. The first-order valence-electron chi connectivity index (χ1n) is 6.27. The van der Waals surface area contributed by atoms with E-state index in [0.29, 0.717) is 6.04 Å². The quantitative estimate of drug-likeness (QED) is 0.716. The van der Waals surface area contributed by atoms with Crippen molar-refractivity contribution in [2.45, 2.75) is 46.2 Å². The molecular weight excluding hydrogens is 184 g/mol. The highest BCUT2D eigenvalue weighted by Crippen LogP contribution is 2.14. The van der Waals surface area contributed by atoms with Gasteiger partial charge in [0.1, 0.15) is 0 Å². The van der Waals surface area contributed by atoms with Crippen molar-refractivity contribution in [1.29, 1.82) is 0 Å². The maximum Gasteiger partial charge on any atom is 0.0222 e. The zero-order valence-corrected chi connectivity index (χ0v) is 10.7. The predicted molar refractivity (Wildman–Crippen MR) is 67.1 cm³/mol. The van der Waals surface area contributed by atoms with Crippen LogP contribution in [0.2, 0.25) is 0 Å². The molecule has 0 aromatic carbocycles. The average Bonchev–Trinajstić information content (AvgIpc) is 2.25. The molecule has 1 fully saturated rings. The second kappa shape index (κ2) is 6.29. The molecule has 0 bridgehead atoms. The number of piperazine rings is 1. The molecule has 1 saturated heterocycles. The van der Waals surface area contributed by atoms with E-state index in [4.69, 9.17) is 0 Å². The molecule has 1 aliphatic heterocycles. The number of allylic oxidation sites excluding steroid dienone is 1. The summed E-state index contributed by atoms with van der Waals surface area (Å²) in [6.45, 7) is 12.4. The summed E-state index contributed by atoms with van der Waals surface area (Å²) in [6.07, 6.45) is 5.67. The van der Waals surface area contributed by atoms with Crippen LogP contribution in [0.4, 0.5) is 0 Å². The molecule has 0 aliphatic carbocycles. The molecule has 0 radical (unpaired) electrons. The van der Waals surface area contributed by atoms with E-state index in [1.165, 1.54) is 13.0 Å². The highest BCUT2D eigenvalue weighted by atomic mass is 15.2. The fourth-order valence-corrected chi connectivity index (χ4v) is 2.20. The smallest absolute Gasteiger partial charge is 0.0222 e. The SMILES string of the molecule is C/C=C/CN1CC(C(C)C)NCC1CC. The summed E-state index contributed by atoms with van der Waals surface area (Å²) in [5.74, 6) is 0.732. The first kappa shape index (κ1) is 12.7. The Morgan fingerprint density at radius 1 is 1.47 bits per heavy atom. The molecule has 1 aliphatic rings. The van der Waals surface area contributed by atoms with Crippen molar-refractivity contribution in [3.63, 3.8) is 0 Å². The van der Waals surface area contributed by atoms with E-state index in [2.05, 4.69) is 50.1 Å². The van der Waals surface area contributed by atoms with Crippen LogP contribution < -0.4 is 5.32 Å². The van der Waals surface area contributed by atoms with E-state index in [9.17, 15) is 0 Å². The van der Waals surface area contributed by atoms with Crippen molar-refractivity contribution in [3.05, 3.63) is 12.2 Å². The Kier molecular flexibility index (Phi) is 5.34. The number of hydrogen-bond acceptors (Lipinski definition) is 2. The Morgan fingerprint density at radius 2 is 2.20 bits per heavy atom. The lowest BCUT2D eigenvalue weighted by molar-refractivity contribution is 0.123. The summed E-state index contributed by atoms with van der Waals surface area (Å²) in [6, 6.07) is 1.38. The van der Waals surface area contributed by atoms with Gasteiger partial charge in [-0.1, -0.05) is 32.9 Å². The molecule has 2 nitrogen and oxygen atoms in total. The second-order valence-corrected chi connectivity index (χ2v) is 4.84. The highest BCUT2D eigenvalue weighted by Gasteiger charge is 2.27. The van der Waals surface area contributed by atoms with Crippen LogP contribution in [-0.2, 0) is 0 Å². The lowest BCUT2D eigenvalue weighted by Gasteiger charge is -2.41. The average molecular weight is 210 g/mol. The Balaban J connectivity index is 2.52. The summed E-state index contributed by atoms with van der Waals surface area (Å²) in [5, 5.41) is 3.66. The first-order valence-corrected chi connectivity index (χ1v) is 6.27. The fraction of sp³-hybridized carbons (Fsp3) is 0.846. The van der Waals surface area contributed by atoms with E-state index in [0.717, 1.165) is 25.0 Å². The van der Waals surface area contributed by atoms with Gasteiger partial charge in [0.2, 0.25) is 0 Å². The van der Waals surface area contributed by atoms with Crippen molar-refractivity contribution < 1.29 is 0 Å². The van der Waals surface area contributed by atoms with Crippen LogP contribution >= 0.6 is 0 Å². The molecule has 2 atom stereocenters. The highest BCUT2D eigenvalue weighted by molar-refractivity contribution is 4.91. The number of nitrogens with zero attached hydrogens (tertiary/aromatic N) is 1. The third-order valence-corrected chi connectivity index (χ3v) is 3.41. The van der Waals surface area contributed by atoms with Gasteiger partial charge in [-0.3, -0.25) is 4.90 Å². The van der Waals surface area contributed by atoms with E-state index >= 15 is 0 Å². The molecule has 0 amide bonds. The zero-order valence-electron chi connectivity index (χ0n) is 10.7. The van der Waals surface area contributed by atoms with Gasteiger partial charge < -0.3 is 5.32 Å². The van der Waals surface area contributed by atoms with Gasteiger partial charge >= 0.3 is 0 Å². The molecule has 2 unspecified atom stereocenters. The molecule has 88 valence electrons.